The smallest absolute Gasteiger partial charge is 0.239 e. The van der Waals surface area contributed by atoms with E-state index in [1.807, 2.05) is 14.1 Å². The van der Waals surface area contributed by atoms with Gasteiger partial charge in [0, 0.05) is 20.1 Å². The van der Waals surface area contributed by atoms with Gasteiger partial charge in [-0.1, -0.05) is 26.7 Å². The molecule has 1 aliphatic carbocycles. The van der Waals surface area contributed by atoms with Crippen molar-refractivity contribution in [2.45, 2.75) is 51.6 Å². The molecule has 0 aromatic carbocycles. The molecule has 15 heavy (non-hydrogen) atoms. The summed E-state index contributed by atoms with van der Waals surface area (Å²) in [5.74, 6) is 0.567. The van der Waals surface area contributed by atoms with E-state index in [9.17, 15) is 4.79 Å². The summed E-state index contributed by atoms with van der Waals surface area (Å²) in [7, 11) is 3.65. The van der Waals surface area contributed by atoms with Gasteiger partial charge in [-0.2, -0.15) is 0 Å². The van der Waals surface area contributed by atoms with Gasteiger partial charge in [-0.25, -0.2) is 0 Å². The molecule has 1 unspecified atom stereocenters. The van der Waals surface area contributed by atoms with Crippen LogP contribution in [-0.2, 0) is 4.79 Å². The van der Waals surface area contributed by atoms with Crippen molar-refractivity contribution in [3.63, 3.8) is 0 Å². The monoisotopic (exact) mass is 212 g/mol. The average molecular weight is 212 g/mol. The van der Waals surface area contributed by atoms with Gasteiger partial charge in [-0.3, -0.25) is 4.79 Å². The molecule has 1 fully saturated rings. The van der Waals surface area contributed by atoms with Gasteiger partial charge in [0.1, 0.15) is 0 Å². The van der Waals surface area contributed by atoms with Crippen molar-refractivity contribution in [1.29, 1.82) is 0 Å². The highest BCUT2D eigenvalue weighted by Crippen LogP contribution is 2.19. The fourth-order valence-electron chi connectivity index (χ4n) is 2.17. The van der Waals surface area contributed by atoms with Crippen molar-refractivity contribution in [2.24, 2.45) is 5.92 Å². The largest absolute Gasteiger partial charge is 0.347 e. The quantitative estimate of drug-likeness (QED) is 0.768. The molecule has 1 rings (SSSR count). The van der Waals surface area contributed by atoms with E-state index in [2.05, 4.69) is 19.2 Å². The van der Waals surface area contributed by atoms with E-state index in [1.165, 1.54) is 25.7 Å². The molecule has 1 aliphatic rings. The highest BCUT2D eigenvalue weighted by Gasteiger charge is 2.27. The zero-order valence-electron chi connectivity index (χ0n) is 10.4. The van der Waals surface area contributed by atoms with Crippen molar-refractivity contribution in [2.75, 3.05) is 14.1 Å². The number of hydrogen-bond donors (Lipinski definition) is 1. The Hall–Kier alpha value is -0.570. The summed E-state index contributed by atoms with van der Waals surface area (Å²) in [6.45, 7) is 4.21. The average Bonchev–Trinajstić information content (AvgIpc) is 2.64. The van der Waals surface area contributed by atoms with Crippen LogP contribution in [0.15, 0.2) is 0 Å². The number of rotatable bonds is 4. The Bertz CT molecular complexity index is 208. The van der Waals surface area contributed by atoms with Crippen LogP contribution in [0.3, 0.4) is 0 Å². The van der Waals surface area contributed by atoms with Gasteiger partial charge >= 0.3 is 0 Å². The third kappa shape index (κ3) is 3.49. The van der Waals surface area contributed by atoms with E-state index in [-0.39, 0.29) is 11.9 Å². The minimum atomic E-state index is -0.0110. The predicted molar refractivity (Wildman–Crippen MR) is 62.7 cm³/mol. The van der Waals surface area contributed by atoms with Crippen LogP contribution < -0.4 is 5.32 Å². The van der Waals surface area contributed by atoms with Crippen molar-refractivity contribution in [3.05, 3.63) is 0 Å². The fourth-order valence-corrected chi connectivity index (χ4v) is 2.17. The van der Waals surface area contributed by atoms with Gasteiger partial charge in [0.15, 0.2) is 0 Å². The third-order valence-corrected chi connectivity index (χ3v) is 3.14. The normalized spacial score (nSPS) is 19.5. The second-order valence-corrected chi connectivity index (χ2v) is 5.10. The van der Waals surface area contributed by atoms with E-state index in [0.717, 1.165) is 0 Å². The topological polar surface area (TPSA) is 32.3 Å². The lowest BCUT2D eigenvalue weighted by Gasteiger charge is -2.27. The summed E-state index contributed by atoms with van der Waals surface area (Å²) in [4.78, 5) is 13.6. The van der Waals surface area contributed by atoms with E-state index >= 15 is 0 Å². The molecule has 0 aromatic rings. The Morgan fingerprint density at radius 1 is 1.27 bits per heavy atom. The van der Waals surface area contributed by atoms with Crippen LogP contribution >= 0.6 is 0 Å². The van der Waals surface area contributed by atoms with Crippen LogP contribution in [0.2, 0.25) is 0 Å². The highest BCUT2D eigenvalue weighted by molar-refractivity contribution is 5.81. The van der Waals surface area contributed by atoms with Crippen LogP contribution in [0.4, 0.5) is 0 Å². The summed E-state index contributed by atoms with van der Waals surface area (Å²) in [6, 6.07) is 0.546. The lowest BCUT2D eigenvalue weighted by atomic mass is 10.0. The van der Waals surface area contributed by atoms with Gasteiger partial charge in [-0.05, 0) is 18.8 Å². The Morgan fingerprint density at radius 3 is 2.20 bits per heavy atom. The van der Waals surface area contributed by atoms with E-state index in [0.29, 0.717) is 12.0 Å². The Kier molecular flexibility index (Phi) is 4.58. The van der Waals surface area contributed by atoms with Gasteiger partial charge in [0.05, 0.1) is 6.04 Å². The van der Waals surface area contributed by atoms with Crippen molar-refractivity contribution >= 4 is 5.91 Å². The molecule has 1 N–H and O–H groups in total. The molecule has 1 saturated carbocycles. The number of likely N-dealkylation sites (N-methyl/N-ethyl adjacent to an activating group) is 1. The van der Waals surface area contributed by atoms with Gasteiger partial charge in [-0.15, -0.1) is 0 Å². The molecule has 3 nitrogen and oxygen atoms in total. The van der Waals surface area contributed by atoms with Gasteiger partial charge < -0.3 is 10.2 Å². The van der Waals surface area contributed by atoms with Crippen molar-refractivity contribution < 1.29 is 4.79 Å². The minimum absolute atomic E-state index is 0.0110. The maximum Gasteiger partial charge on any atom is 0.239 e. The summed E-state index contributed by atoms with van der Waals surface area (Å²) < 4.78 is 0. The summed E-state index contributed by atoms with van der Waals surface area (Å²) in [6.07, 6.45) is 5.06. The second-order valence-electron chi connectivity index (χ2n) is 5.10. The van der Waals surface area contributed by atoms with Crippen molar-refractivity contribution in [3.8, 4) is 0 Å². The van der Waals surface area contributed by atoms with Gasteiger partial charge in [0.25, 0.3) is 0 Å². The van der Waals surface area contributed by atoms with Crippen molar-refractivity contribution in [1.82, 2.24) is 10.2 Å². The van der Waals surface area contributed by atoms with Crippen LogP contribution in [0.1, 0.15) is 39.5 Å². The molecule has 3 heteroatoms. The maximum atomic E-state index is 11.9. The number of nitrogens with one attached hydrogen (secondary N) is 1. The molecule has 0 bridgehead atoms. The van der Waals surface area contributed by atoms with Crippen LogP contribution in [-0.4, -0.2) is 37.0 Å². The summed E-state index contributed by atoms with van der Waals surface area (Å²) in [5.41, 5.74) is 0. The molecule has 0 radical (unpaired) electrons. The first-order valence-corrected chi connectivity index (χ1v) is 5.99. The number of hydrogen-bond acceptors (Lipinski definition) is 2. The first-order valence-electron chi connectivity index (χ1n) is 5.99. The summed E-state index contributed by atoms with van der Waals surface area (Å²) >= 11 is 0. The van der Waals surface area contributed by atoms with E-state index in [1.54, 1.807) is 4.90 Å². The summed E-state index contributed by atoms with van der Waals surface area (Å²) in [5, 5.41) is 3.51. The molecular weight excluding hydrogens is 188 g/mol. The molecule has 0 aliphatic heterocycles. The SMILES string of the molecule is CC(C)C(NC1CCCC1)C(=O)N(C)C. The number of nitrogens with zero attached hydrogens (tertiary/aromatic N) is 1. The molecule has 88 valence electrons. The zero-order chi connectivity index (χ0) is 11.4. The number of carbonyl (C=O) groups excluding carboxylic acids is 1. The standard InChI is InChI=1S/C12H24N2O/c1-9(2)11(12(15)14(3)4)13-10-7-5-6-8-10/h9-11,13H,5-8H2,1-4H3. The zero-order valence-corrected chi connectivity index (χ0v) is 10.4. The fraction of sp³-hybridized carbons (Fsp3) is 0.917. The lowest BCUT2D eigenvalue weighted by molar-refractivity contribution is -0.132. The number of amides is 1. The maximum absolute atomic E-state index is 11.9. The Balaban J connectivity index is 2.53. The van der Waals surface area contributed by atoms with Crippen LogP contribution in [0.5, 0.6) is 0 Å². The minimum Gasteiger partial charge on any atom is -0.347 e. The molecule has 1 atom stereocenters. The van der Waals surface area contributed by atoms with E-state index < -0.39 is 0 Å². The first-order chi connectivity index (χ1) is 7.02. The molecule has 0 aromatic heterocycles. The Labute approximate surface area is 93.2 Å². The third-order valence-electron chi connectivity index (χ3n) is 3.14. The Morgan fingerprint density at radius 2 is 1.80 bits per heavy atom. The first kappa shape index (κ1) is 12.5. The predicted octanol–water partition coefficient (Wildman–Crippen LogP) is 1.63. The molecular formula is C12H24N2O. The highest BCUT2D eigenvalue weighted by atomic mass is 16.2. The van der Waals surface area contributed by atoms with Crippen LogP contribution in [0.25, 0.3) is 0 Å². The molecule has 1 amide bonds. The molecule has 0 spiro atoms. The van der Waals surface area contributed by atoms with Crippen LogP contribution in [0, 0.1) is 5.92 Å². The lowest BCUT2D eigenvalue weighted by Crippen LogP contribution is -2.50. The number of carbonyl (C=O) groups is 1. The second kappa shape index (κ2) is 5.50. The van der Waals surface area contributed by atoms with E-state index in [4.69, 9.17) is 0 Å². The van der Waals surface area contributed by atoms with Gasteiger partial charge in [0.2, 0.25) is 5.91 Å². The molecule has 0 heterocycles. The molecule has 0 saturated heterocycles.